The van der Waals surface area contributed by atoms with Crippen molar-refractivity contribution in [2.45, 2.75) is 36.6 Å². The predicted octanol–water partition coefficient (Wildman–Crippen LogP) is 3.47. The number of carboxylic acid groups (broad SMARTS) is 1. The number of furan rings is 1. The van der Waals surface area contributed by atoms with Crippen LogP contribution in [0.3, 0.4) is 0 Å². The Labute approximate surface area is 243 Å². The second kappa shape index (κ2) is 10.9. The van der Waals surface area contributed by atoms with E-state index in [1.54, 1.807) is 17.1 Å². The van der Waals surface area contributed by atoms with Crippen LogP contribution in [-0.4, -0.2) is 66.8 Å². The number of amides is 2. The van der Waals surface area contributed by atoms with Gasteiger partial charge in [0, 0.05) is 25.8 Å². The van der Waals surface area contributed by atoms with E-state index in [4.69, 9.17) is 27.6 Å². The summed E-state index contributed by atoms with van der Waals surface area (Å²) >= 11 is 13.0. The van der Waals surface area contributed by atoms with Crippen LogP contribution in [0.1, 0.15) is 27.2 Å². The highest BCUT2D eigenvalue weighted by molar-refractivity contribution is 7.90. The van der Waals surface area contributed by atoms with Crippen molar-refractivity contribution in [3.05, 3.63) is 86.4 Å². The number of carbonyl (C=O) groups excluding carboxylic acids is 2. The number of hydrogen-bond acceptors (Lipinski definition) is 7. The molecule has 2 N–H and O–H groups in total. The summed E-state index contributed by atoms with van der Waals surface area (Å²) in [5.41, 5.74) is 1.88. The van der Waals surface area contributed by atoms with Gasteiger partial charge >= 0.3 is 5.97 Å². The number of hydrogen-bond donors (Lipinski definition) is 2. The number of nitrogens with zero attached hydrogens (tertiary/aromatic N) is 2. The van der Waals surface area contributed by atoms with E-state index in [0.29, 0.717) is 23.1 Å². The molecule has 0 saturated carbocycles. The molecule has 0 spiro atoms. The first-order valence-electron chi connectivity index (χ1n) is 12.3. The zero-order valence-electron chi connectivity index (χ0n) is 21.4. The second-order valence-electron chi connectivity index (χ2n) is 9.71. The van der Waals surface area contributed by atoms with Gasteiger partial charge in [-0.3, -0.25) is 14.6 Å². The van der Waals surface area contributed by atoms with Gasteiger partial charge in [0.25, 0.3) is 11.8 Å². The van der Waals surface area contributed by atoms with Crippen LogP contribution in [0.5, 0.6) is 0 Å². The van der Waals surface area contributed by atoms with Gasteiger partial charge in [-0.2, -0.15) is 0 Å². The molecule has 1 aromatic heterocycles. The van der Waals surface area contributed by atoms with E-state index in [0.717, 1.165) is 6.26 Å². The van der Waals surface area contributed by atoms with Gasteiger partial charge in [-0.05, 0) is 59.5 Å². The Morgan fingerprint density at radius 2 is 2.02 bits per heavy atom. The van der Waals surface area contributed by atoms with Crippen molar-refractivity contribution in [3.8, 4) is 0 Å². The number of benzene rings is 1. The highest BCUT2D eigenvalue weighted by Crippen LogP contribution is 2.35. The number of aliphatic imine (C=N–C) groups is 1. The van der Waals surface area contributed by atoms with Crippen LogP contribution >= 0.6 is 23.2 Å². The lowest BCUT2D eigenvalue weighted by atomic mass is 9.96. The fourth-order valence-corrected chi connectivity index (χ4v) is 6.13. The Bertz CT molecular complexity index is 1730. The van der Waals surface area contributed by atoms with Crippen molar-refractivity contribution in [1.82, 2.24) is 10.2 Å². The summed E-state index contributed by atoms with van der Waals surface area (Å²) in [5, 5.41) is 11.7. The zero-order valence-corrected chi connectivity index (χ0v) is 23.7. The van der Waals surface area contributed by atoms with Gasteiger partial charge in [-0.15, -0.1) is 0 Å². The maximum Gasteiger partial charge on any atom is 0.326 e. The summed E-state index contributed by atoms with van der Waals surface area (Å²) in [6.07, 6.45) is 6.69. The van der Waals surface area contributed by atoms with Crippen LogP contribution in [-0.2, 0) is 38.8 Å². The lowest BCUT2D eigenvalue weighted by molar-refractivity contribution is -0.139. The largest absolute Gasteiger partial charge is 0.480 e. The summed E-state index contributed by atoms with van der Waals surface area (Å²) in [7, 11) is -3.63. The van der Waals surface area contributed by atoms with Crippen molar-refractivity contribution in [2.75, 3.05) is 12.8 Å². The second-order valence-corrected chi connectivity index (χ2v) is 12.4. The van der Waals surface area contributed by atoms with Crippen LogP contribution in [0, 0.1) is 0 Å². The van der Waals surface area contributed by atoms with Crippen molar-refractivity contribution in [3.63, 3.8) is 0 Å². The fraction of sp³-hybridized carbons (Fsp3) is 0.259. The number of nitrogens with one attached hydrogen (secondary N) is 1. The molecule has 10 nitrogen and oxygen atoms in total. The summed E-state index contributed by atoms with van der Waals surface area (Å²) in [6, 6.07) is 2.15. The van der Waals surface area contributed by atoms with Crippen molar-refractivity contribution >= 4 is 56.5 Å². The summed E-state index contributed by atoms with van der Waals surface area (Å²) in [6.45, 7) is 0.404. The van der Waals surface area contributed by atoms with Crippen molar-refractivity contribution in [1.29, 1.82) is 0 Å². The van der Waals surface area contributed by atoms with Gasteiger partial charge < -0.3 is 19.7 Å². The fourth-order valence-electron chi connectivity index (χ4n) is 4.79. The topological polar surface area (TPSA) is 146 Å². The maximum absolute atomic E-state index is 13.6. The highest BCUT2D eigenvalue weighted by Gasteiger charge is 2.32. The Hall–Kier alpha value is -3.74. The normalized spacial score (nSPS) is 18.6. The number of aliphatic carboxylic acids is 1. The lowest BCUT2D eigenvalue weighted by Crippen LogP contribution is -2.43. The Balaban J connectivity index is 1.32. The number of carbonyl (C=O) groups is 3. The van der Waals surface area contributed by atoms with Gasteiger partial charge in [0.1, 0.15) is 23.3 Å². The number of carboxylic acids is 1. The Morgan fingerprint density at radius 1 is 1.27 bits per heavy atom. The molecule has 41 heavy (non-hydrogen) atoms. The number of allylic oxidation sites excluding steroid dienone is 2. The van der Waals surface area contributed by atoms with Gasteiger partial charge in [0.15, 0.2) is 0 Å². The van der Waals surface area contributed by atoms with Gasteiger partial charge in [0.05, 0.1) is 21.7 Å². The third-order valence-corrected chi connectivity index (χ3v) is 8.48. The summed E-state index contributed by atoms with van der Waals surface area (Å²) in [5.74, 6) is -2.93. The first kappa shape index (κ1) is 28.8. The van der Waals surface area contributed by atoms with E-state index in [1.807, 2.05) is 0 Å². The number of halogens is 3. The molecule has 0 bridgehead atoms. The zero-order chi connectivity index (χ0) is 29.6. The van der Waals surface area contributed by atoms with E-state index < -0.39 is 39.6 Å². The molecule has 5 rings (SSSR count). The van der Waals surface area contributed by atoms with E-state index in [2.05, 4.69) is 10.3 Å². The van der Waals surface area contributed by atoms with Gasteiger partial charge in [-0.25, -0.2) is 17.6 Å². The third kappa shape index (κ3) is 5.85. The molecule has 0 saturated heterocycles. The highest BCUT2D eigenvalue weighted by atomic mass is 35.5. The van der Waals surface area contributed by atoms with Crippen LogP contribution in [0.25, 0.3) is 0 Å². The molecule has 2 atom stereocenters. The summed E-state index contributed by atoms with van der Waals surface area (Å²) in [4.78, 5) is 44.1. The lowest BCUT2D eigenvalue weighted by Gasteiger charge is -2.30. The molecular weight excluding hydrogens is 600 g/mol. The van der Waals surface area contributed by atoms with Crippen LogP contribution in [0.15, 0.2) is 68.4 Å². The van der Waals surface area contributed by atoms with Crippen LogP contribution < -0.4 is 5.32 Å². The molecule has 3 heterocycles. The molecule has 2 aliphatic heterocycles. The SMILES string of the molecule is CS(=O)(=O)c1ccc(C[C@H](NC(=O)c2c(Cl)cc3c(c2Cl)CCN(C(=O)C2=NC4C=CC(F)=CC4=C2)C3)C(=O)O)o1. The quantitative estimate of drug-likeness (QED) is 0.481. The van der Waals surface area contributed by atoms with E-state index in [1.165, 1.54) is 30.4 Å². The molecule has 14 heteroatoms. The third-order valence-electron chi connectivity index (χ3n) is 6.81. The predicted molar refractivity (Wildman–Crippen MR) is 148 cm³/mol. The molecular formula is C27H22Cl2FN3O7S. The Morgan fingerprint density at radius 3 is 2.71 bits per heavy atom. The van der Waals surface area contributed by atoms with Crippen LogP contribution in [0.2, 0.25) is 10.0 Å². The molecule has 0 fully saturated rings. The molecule has 3 aliphatic rings. The molecule has 1 unspecified atom stereocenters. The smallest absolute Gasteiger partial charge is 0.326 e. The standard InChI is InChI=1S/C27H22Cl2FN3O7S/c1-41(38,39)22-5-3-16(40-22)11-21(27(36)37)32-25(34)23-18(28)9-14-12-33(7-6-17(14)24(23)29)26(35)20-10-13-8-15(30)2-4-19(13)31-20/h2-5,8-10,19,21H,6-7,11-12H2,1H3,(H,32,34)(H,36,37)/t19?,21-/m0/s1. The van der Waals surface area contributed by atoms with E-state index >= 15 is 0 Å². The average Bonchev–Trinajstić information content (AvgIpc) is 3.54. The van der Waals surface area contributed by atoms with E-state index in [9.17, 15) is 32.3 Å². The van der Waals surface area contributed by atoms with Gasteiger partial charge in [0.2, 0.25) is 14.9 Å². The minimum Gasteiger partial charge on any atom is -0.480 e. The number of sulfone groups is 1. The number of fused-ring (bicyclic) bond motifs is 2. The monoisotopic (exact) mass is 621 g/mol. The van der Waals surface area contributed by atoms with Crippen molar-refractivity contribution < 1.29 is 36.7 Å². The minimum absolute atomic E-state index is 0.0377. The first-order valence-corrected chi connectivity index (χ1v) is 14.9. The van der Waals surface area contributed by atoms with E-state index in [-0.39, 0.29) is 57.6 Å². The average molecular weight is 622 g/mol. The maximum atomic E-state index is 13.6. The molecule has 2 amide bonds. The summed E-state index contributed by atoms with van der Waals surface area (Å²) < 4.78 is 42.1. The van der Waals surface area contributed by atoms with Crippen molar-refractivity contribution in [2.24, 2.45) is 4.99 Å². The molecule has 1 aromatic carbocycles. The minimum atomic E-state index is -3.63. The molecule has 1 aliphatic carbocycles. The first-order chi connectivity index (χ1) is 19.3. The molecule has 0 radical (unpaired) electrons. The molecule has 2 aromatic rings. The molecule has 214 valence electrons. The van der Waals surface area contributed by atoms with Crippen LogP contribution in [0.4, 0.5) is 4.39 Å². The Kier molecular flexibility index (Phi) is 7.66. The van der Waals surface area contributed by atoms with Gasteiger partial charge in [-0.1, -0.05) is 29.3 Å². The number of rotatable bonds is 7.